The first-order chi connectivity index (χ1) is 30.7. The molecule has 62 heavy (non-hydrogen) atoms. The van der Waals surface area contributed by atoms with Gasteiger partial charge in [-0.05, 0) is 131 Å². The van der Waals surface area contributed by atoms with Crippen molar-refractivity contribution >= 4 is 66.7 Å². The molecule has 4 heteroatoms. The van der Waals surface area contributed by atoms with Crippen LogP contribution in [-0.2, 0) is 0 Å². The Morgan fingerprint density at radius 2 is 0.790 bits per heavy atom. The molecule has 1 heterocycles. The van der Waals surface area contributed by atoms with E-state index in [1.807, 2.05) is 18.2 Å². The first-order valence-corrected chi connectivity index (χ1v) is 21.0. The summed E-state index contributed by atoms with van der Waals surface area (Å²) in [6, 6.07) is 84.2. The Labute approximate surface area is 360 Å². The van der Waals surface area contributed by atoms with Gasteiger partial charge in [-0.25, -0.2) is 4.39 Å². The van der Waals surface area contributed by atoms with Crippen molar-refractivity contribution in [2.45, 2.75) is 0 Å². The predicted molar refractivity (Wildman–Crippen MR) is 258 cm³/mol. The van der Waals surface area contributed by atoms with Crippen LogP contribution >= 0.6 is 0 Å². The molecule has 294 valence electrons. The van der Waals surface area contributed by atoms with Crippen LogP contribution in [0.2, 0.25) is 0 Å². The molecule has 0 aliphatic heterocycles. The van der Waals surface area contributed by atoms with Gasteiger partial charge in [-0.2, -0.15) is 0 Å². The number of para-hydroxylation sites is 3. The summed E-state index contributed by atoms with van der Waals surface area (Å²) in [6.07, 6.45) is 0. The lowest BCUT2D eigenvalue weighted by Crippen LogP contribution is -2.10. The zero-order valence-corrected chi connectivity index (χ0v) is 33.8. The SMILES string of the molecule is Fc1ccc(N(c2ccc(-c3ccc(N(c4ccccc4)c4ccc(-c5ccccc5)cc4)c4ccccc34)cc2)c2ccc3c(c2)c2ccccc2n3-c2ccccc2)cc1. The number of benzene rings is 10. The van der Waals surface area contributed by atoms with Crippen molar-refractivity contribution in [3.8, 4) is 27.9 Å². The maximum Gasteiger partial charge on any atom is 0.123 e. The van der Waals surface area contributed by atoms with Crippen LogP contribution in [0.3, 0.4) is 0 Å². The van der Waals surface area contributed by atoms with E-state index in [9.17, 15) is 4.39 Å². The van der Waals surface area contributed by atoms with Gasteiger partial charge >= 0.3 is 0 Å². The predicted octanol–water partition coefficient (Wildman–Crippen LogP) is 16.3. The molecule has 10 aromatic carbocycles. The molecule has 0 fully saturated rings. The van der Waals surface area contributed by atoms with Gasteiger partial charge in [0.2, 0.25) is 0 Å². The van der Waals surface area contributed by atoms with Gasteiger partial charge in [0, 0.05) is 50.3 Å². The van der Waals surface area contributed by atoms with E-state index in [4.69, 9.17) is 0 Å². The number of hydrogen-bond donors (Lipinski definition) is 0. The van der Waals surface area contributed by atoms with Crippen LogP contribution < -0.4 is 9.80 Å². The zero-order valence-electron chi connectivity index (χ0n) is 33.8. The molecule has 0 atom stereocenters. The second kappa shape index (κ2) is 15.8. The van der Waals surface area contributed by atoms with Gasteiger partial charge in [-0.1, -0.05) is 140 Å². The largest absolute Gasteiger partial charge is 0.310 e. The molecule has 11 rings (SSSR count). The van der Waals surface area contributed by atoms with Gasteiger partial charge in [0.25, 0.3) is 0 Å². The van der Waals surface area contributed by atoms with Gasteiger partial charge in [-0.15, -0.1) is 0 Å². The Morgan fingerprint density at radius 3 is 1.48 bits per heavy atom. The van der Waals surface area contributed by atoms with Crippen molar-refractivity contribution in [3.63, 3.8) is 0 Å². The minimum Gasteiger partial charge on any atom is -0.310 e. The Kier molecular flexibility index (Phi) is 9.36. The second-order valence-electron chi connectivity index (χ2n) is 15.5. The summed E-state index contributed by atoms with van der Waals surface area (Å²) in [4.78, 5) is 4.55. The molecule has 3 nitrogen and oxygen atoms in total. The summed E-state index contributed by atoms with van der Waals surface area (Å²) >= 11 is 0. The van der Waals surface area contributed by atoms with Crippen molar-refractivity contribution < 1.29 is 4.39 Å². The molecule has 1 aromatic heterocycles. The van der Waals surface area contributed by atoms with Crippen LogP contribution in [0.4, 0.5) is 38.5 Å². The van der Waals surface area contributed by atoms with E-state index in [2.05, 4.69) is 227 Å². The molecule has 0 radical (unpaired) electrons. The Morgan fingerprint density at radius 1 is 0.306 bits per heavy atom. The summed E-state index contributed by atoms with van der Waals surface area (Å²) in [5.74, 6) is -0.268. The second-order valence-corrected chi connectivity index (χ2v) is 15.5. The first-order valence-electron chi connectivity index (χ1n) is 21.0. The minimum atomic E-state index is -0.268. The monoisotopic (exact) mass is 797 g/mol. The molecule has 11 aromatic rings. The highest BCUT2D eigenvalue weighted by Crippen LogP contribution is 2.44. The van der Waals surface area contributed by atoms with Crippen molar-refractivity contribution in [1.82, 2.24) is 4.57 Å². The molecule has 0 saturated carbocycles. The fraction of sp³-hybridized carbons (Fsp3) is 0. The van der Waals surface area contributed by atoms with E-state index in [-0.39, 0.29) is 5.82 Å². The Hall–Kier alpha value is -8.21. The van der Waals surface area contributed by atoms with E-state index >= 15 is 0 Å². The van der Waals surface area contributed by atoms with Crippen molar-refractivity contribution in [2.75, 3.05) is 9.80 Å². The van der Waals surface area contributed by atoms with E-state index in [1.54, 1.807) is 0 Å². The maximum absolute atomic E-state index is 14.4. The molecule has 0 aliphatic rings. The number of aromatic nitrogens is 1. The Balaban J connectivity index is 0.998. The highest BCUT2D eigenvalue weighted by atomic mass is 19.1. The summed E-state index contributed by atoms with van der Waals surface area (Å²) in [6.45, 7) is 0. The normalized spacial score (nSPS) is 11.3. The van der Waals surface area contributed by atoms with Gasteiger partial charge in [-0.3, -0.25) is 0 Å². The summed E-state index contributed by atoms with van der Waals surface area (Å²) < 4.78 is 16.7. The zero-order chi connectivity index (χ0) is 41.4. The number of rotatable bonds is 9. The molecule has 0 amide bonds. The first kappa shape index (κ1) is 36.8. The third-order valence-electron chi connectivity index (χ3n) is 11.8. The van der Waals surface area contributed by atoms with Crippen LogP contribution in [-0.4, -0.2) is 4.57 Å². The van der Waals surface area contributed by atoms with E-state index in [0.717, 1.165) is 78.1 Å². The lowest BCUT2D eigenvalue weighted by molar-refractivity contribution is 0.628. The summed E-state index contributed by atoms with van der Waals surface area (Å²) in [5.41, 5.74) is 14.1. The lowest BCUT2D eigenvalue weighted by atomic mass is 9.96. The fourth-order valence-corrected chi connectivity index (χ4v) is 8.95. The van der Waals surface area contributed by atoms with Crippen LogP contribution in [0, 0.1) is 5.82 Å². The van der Waals surface area contributed by atoms with Crippen molar-refractivity contribution in [2.24, 2.45) is 0 Å². The van der Waals surface area contributed by atoms with Gasteiger partial charge in [0.05, 0.1) is 16.7 Å². The minimum absolute atomic E-state index is 0.268. The average molecular weight is 798 g/mol. The molecule has 0 N–H and O–H groups in total. The smallest absolute Gasteiger partial charge is 0.123 e. The highest BCUT2D eigenvalue weighted by molar-refractivity contribution is 6.11. The third-order valence-corrected chi connectivity index (χ3v) is 11.8. The number of halogens is 1. The maximum atomic E-state index is 14.4. The van der Waals surface area contributed by atoms with Gasteiger partial charge in [0.15, 0.2) is 0 Å². The molecule has 0 spiro atoms. The third kappa shape index (κ3) is 6.65. The molecule has 0 unspecified atom stereocenters. The van der Waals surface area contributed by atoms with E-state index in [1.165, 1.54) is 28.6 Å². The number of nitrogens with zero attached hydrogens (tertiary/aromatic N) is 3. The number of anilines is 6. The molecular weight excluding hydrogens is 758 g/mol. The molecule has 0 bridgehead atoms. The highest BCUT2D eigenvalue weighted by Gasteiger charge is 2.20. The molecule has 0 aliphatic carbocycles. The van der Waals surface area contributed by atoms with Crippen LogP contribution in [0.15, 0.2) is 243 Å². The Bertz CT molecular complexity index is 3330. The molecule has 0 saturated heterocycles. The summed E-state index contributed by atoms with van der Waals surface area (Å²) in [5, 5.41) is 4.64. The van der Waals surface area contributed by atoms with Crippen molar-refractivity contribution in [1.29, 1.82) is 0 Å². The summed E-state index contributed by atoms with van der Waals surface area (Å²) in [7, 11) is 0. The van der Waals surface area contributed by atoms with Crippen LogP contribution in [0.5, 0.6) is 0 Å². The van der Waals surface area contributed by atoms with E-state index in [0.29, 0.717) is 0 Å². The molecular formula is C58H40FN3. The lowest BCUT2D eigenvalue weighted by Gasteiger charge is -2.28. The number of hydrogen-bond acceptors (Lipinski definition) is 2. The quantitative estimate of drug-likeness (QED) is 0.144. The van der Waals surface area contributed by atoms with Gasteiger partial charge in [0.1, 0.15) is 5.82 Å². The van der Waals surface area contributed by atoms with Gasteiger partial charge < -0.3 is 14.4 Å². The van der Waals surface area contributed by atoms with Crippen molar-refractivity contribution in [3.05, 3.63) is 248 Å². The van der Waals surface area contributed by atoms with E-state index < -0.39 is 0 Å². The standard InChI is InChI=1S/C58H40FN3/c59-44-28-34-48(35-29-44)60(50-36-38-58-55(40-50)54-22-12-13-23-56(54)62(58)46-18-8-3-9-19-46)47-32-26-43(27-33-47)51-37-39-57(53-21-11-10-20-52(51)53)61(45-16-6-2-7-17-45)49-30-24-42(25-31-49)41-14-4-1-5-15-41/h1-40H. The fourth-order valence-electron chi connectivity index (χ4n) is 8.95. The average Bonchev–Trinajstić information content (AvgIpc) is 3.67. The van der Waals surface area contributed by atoms with Crippen LogP contribution in [0.25, 0.3) is 60.5 Å². The topological polar surface area (TPSA) is 11.4 Å². The van der Waals surface area contributed by atoms with Crippen LogP contribution in [0.1, 0.15) is 0 Å². The number of fused-ring (bicyclic) bond motifs is 4.